The Labute approximate surface area is 164 Å². The average Bonchev–Trinajstić information content (AvgIpc) is 2.70. The number of nitrogens with one attached hydrogen (secondary N) is 1. The molecule has 0 radical (unpaired) electrons. The Balaban J connectivity index is 1.61. The third-order valence-corrected chi connectivity index (χ3v) is 5.36. The fourth-order valence-corrected chi connectivity index (χ4v) is 4.05. The van der Waals surface area contributed by atoms with E-state index < -0.39 is 0 Å². The standard InChI is InChI=1S/C26H31N/c1-21(20-22(2)27-19-18-23-12-6-3-7-13-23)26(24-14-8-4-9-15-24)25-16-10-5-11-17-25/h3-17,21-22,26-27H,18-20H2,1-2H3/t21-,22+/m0/s1. The highest BCUT2D eigenvalue weighted by Gasteiger charge is 2.22. The second kappa shape index (κ2) is 10.1. The first kappa shape index (κ1) is 19.4. The number of hydrogen-bond acceptors (Lipinski definition) is 1. The predicted octanol–water partition coefficient (Wildman–Crippen LogP) is 6.07. The van der Waals surface area contributed by atoms with E-state index in [1.165, 1.54) is 16.7 Å². The molecule has 0 fully saturated rings. The summed E-state index contributed by atoms with van der Waals surface area (Å²) in [5.74, 6) is 1.000. The van der Waals surface area contributed by atoms with Gasteiger partial charge in [0.05, 0.1) is 0 Å². The van der Waals surface area contributed by atoms with Crippen LogP contribution in [0.4, 0.5) is 0 Å². The molecule has 0 aliphatic heterocycles. The van der Waals surface area contributed by atoms with E-state index in [1.54, 1.807) is 0 Å². The lowest BCUT2D eigenvalue weighted by Gasteiger charge is -2.28. The molecule has 0 saturated carbocycles. The fraction of sp³-hybridized carbons (Fsp3) is 0.308. The maximum atomic E-state index is 3.72. The molecule has 0 unspecified atom stereocenters. The van der Waals surface area contributed by atoms with Crippen LogP contribution in [-0.4, -0.2) is 12.6 Å². The van der Waals surface area contributed by atoms with E-state index in [-0.39, 0.29) is 0 Å². The lowest BCUT2D eigenvalue weighted by Crippen LogP contribution is -2.31. The van der Waals surface area contributed by atoms with Crippen LogP contribution in [-0.2, 0) is 6.42 Å². The minimum absolute atomic E-state index is 0.436. The summed E-state index contributed by atoms with van der Waals surface area (Å²) in [6.07, 6.45) is 2.24. The first-order valence-electron chi connectivity index (χ1n) is 10.1. The molecule has 3 aromatic rings. The Morgan fingerprint density at radius 2 is 1.15 bits per heavy atom. The summed E-state index contributed by atoms with van der Waals surface area (Å²) in [6.45, 7) is 5.73. The SMILES string of the molecule is C[C@H](C[C@H](C)C(c1ccccc1)c1ccccc1)NCCc1ccccc1. The summed E-state index contributed by atoms with van der Waals surface area (Å²) in [4.78, 5) is 0. The van der Waals surface area contributed by atoms with Crippen LogP contribution in [0.3, 0.4) is 0 Å². The molecule has 0 aliphatic rings. The molecule has 3 aromatic carbocycles. The molecule has 2 atom stereocenters. The molecule has 0 aromatic heterocycles. The highest BCUT2D eigenvalue weighted by Crippen LogP contribution is 2.34. The van der Waals surface area contributed by atoms with Gasteiger partial charge in [0.25, 0.3) is 0 Å². The monoisotopic (exact) mass is 357 g/mol. The third-order valence-electron chi connectivity index (χ3n) is 5.36. The van der Waals surface area contributed by atoms with Crippen molar-refractivity contribution in [3.8, 4) is 0 Å². The number of hydrogen-bond donors (Lipinski definition) is 1. The van der Waals surface area contributed by atoms with E-state index >= 15 is 0 Å². The van der Waals surface area contributed by atoms with E-state index in [0.717, 1.165) is 19.4 Å². The summed E-state index contributed by atoms with van der Waals surface area (Å²) in [6, 6.07) is 33.1. The van der Waals surface area contributed by atoms with Crippen molar-refractivity contribution in [3.05, 3.63) is 108 Å². The van der Waals surface area contributed by atoms with Gasteiger partial charge >= 0.3 is 0 Å². The van der Waals surface area contributed by atoms with Crippen LogP contribution in [0.2, 0.25) is 0 Å². The maximum Gasteiger partial charge on any atom is 0.0116 e. The quantitative estimate of drug-likeness (QED) is 0.490. The number of rotatable bonds is 9. The van der Waals surface area contributed by atoms with E-state index in [1.807, 2.05) is 0 Å². The molecule has 1 heteroatoms. The summed E-state index contributed by atoms with van der Waals surface area (Å²) < 4.78 is 0. The van der Waals surface area contributed by atoms with E-state index in [4.69, 9.17) is 0 Å². The van der Waals surface area contributed by atoms with Crippen LogP contribution in [0, 0.1) is 5.92 Å². The van der Waals surface area contributed by atoms with Crippen LogP contribution in [0.5, 0.6) is 0 Å². The van der Waals surface area contributed by atoms with Gasteiger partial charge in [-0.1, -0.05) is 97.9 Å². The largest absolute Gasteiger partial charge is 0.314 e. The van der Waals surface area contributed by atoms with Crippen molar-refractivity contribution in [1.29, 1.82) is 0 Å². The van der Waals surface area contributed by atoms with Gasteiger partial charge < -0.3 is 5.32 Å². The van der Waals surface area contributed by atoms with Gasteiger partial charge in [-0.3, -0.25) is 0 Å². The molecule has 0 amide bonds. The van der Waals surface area contributed by atoms with Crippen molar-refractivity contribution >= 4 is 0 Å². The zero-order valence-corrected chi connectivity index (χ0v) is 16.5. The minimum Gasteiger partial charge on any atom is -0.314 e. The molecule has 3 rings (SSSR count). The van der Waals surface area contributed by atoms with Crippen LogP contribution >= 0.6 is 0 Å². The second-order valence-electron chi connectivity index (χ2n) is 7.60. The normalized spacial score (nSPS) is 13.4. The Morgan fingerprint density at radius 1 is 0.667 bits per heavy atom. The van der Waals surface area contributed by atoms with Gasteiger partial charge in [0.2, 0.25) is 0 Å². The van der Waals surface area contributed by atoms with Gasteiger partial charge in [-0.15, -0.1) is 0 Å². The Morgan fingerprint density at radius 3 is 1.67 bits per heavy atom. The molecule has 0 heterocycles. The second-order valence-corrected chi connectivity index (χ2v) is 7.60. The van der Waals surface area contributed by atoms with Crippen LogP contribution < -0.4 is 5.32 Å². The van der Waals surface area contributed by atoms with Gasteiger partial charge in [0.1, 0.15) is 0 Å². The first-order chi connectivity index (χ1) is 13.2. The lowest BCUT2D eigenvalue weighted by atomic mass is 9.79. The fourth-order valence-electron chi connectivity index (χ4n) is 4.05. The molecular weight excluding hydrogens is 326 g/mol. The zero-order chi connectivity index (χ0) is 18.9. The zero-order valence-electron chi connectivity index (χ0n) is 16.5. The van der Waals surface area contributed by atoms with Crippen molar-refractivity contribution in [2.45, 2.75) is 38.6 Å². The first-order valence-corrected chi connectivity index (χ1v) is 10.1. The van der Waals surface area contributed by atoms with Crippen molar-refractivity contribution in [1.82, 2.24) is 5.32 Å². The van der Waals surface area contributed by atoms with Crippen molar-refractivity contribution in [3.63, 3.8) is 0 Å². The van der Waals surface area contributed by atoms with Crippen LogP contribution in [0.1, 0.15) is 42.9 Å². The Kier molecular flexibility index (Phi) is 7.24. The topological polar surface area (TPSA) is 12.0 Å². The van der Waals surface area contributed by atoms with Crippen LogP contribution in [0.25, 0.3) is 0 Å². The van der Waals surface area contributed by atoms with Gasteiger partial charge in [0, 0.05) is 12.0 Å². The third kappa shape index (κ3) is 5.80. The lowest BCUT2D eigenvalue weighted by molar-refractivity contribution is 0.393. The number of benzene rings is 3. The minimum atomic E-state index is 0.436. The van der Waals surface area contributed by atoms with Crippen molar-refractivity contribution in [2.75, 3.05) is 6.54 Å². The van der Waals surface area contributed by atoms with Crippen LogP contribution in [0.15, 0.2) is 91.0 Å². The molecule has 0 aliphatic carbocycles. The van der Waals surface area contributed by atoms with Gasteiger partial charge in [-0.25, -0.2) is 0 Å². The van der Waals surface area contributed by atoms with Gasteiger partial charge in [-0.2, -0.15) is 0 Å². The van der Waals surface area contributed by atoms with E-state index in [9.17, 15) is 0 Å². The van der Waals surface area contributed by atoms with Crippen molar-refractivity contribution in [2.24, 2.45) is 5.92 Å². The molecule has 0 bridgehead atoms. The summed E-state index contributed by atoms with van der Waals surface area (Å²) in [5.41, 5.74) is 4.22. The van der Waals surface area contributed by atoms with Crippen molar-refractivity contribution < 1.29 is 0 Å². The maximum absolute atomic E-state index is 3.72. The smallest absolute Gasteiger partial charge is 0.0116 e. The molecule has 0 saturated heterocycles. The van der Waals surface area contributed by atoms with Gasteiger partial charge in [-0.05, 0) is 48.9 Å². The summed E-state index contributed by atoms with van der Waals surface area (Å²) in [5, 5.41) is 3.72. The van der Waals surface area contributed by atoms with Gasteiger partial charge in [0.15, 0.2) is 0 Å². The molecule has 140 valence electrons. The summed E-state index contributed by atoms with van der Waals surface area (Å²) >= 11 is 0. The average molecular weight is 358 g/mol. The molecule has 0 spiro atoms. The molecular formula is C26H31N. The predicted molar refractivity (Wildman–Crippen MR) is 116 cm³/mol. The molecule has 1 nitrogen and oxygen atoms in total. The highest BCUT2D eigenvalue weighted by atomic mass is 14.9. The molecule has 1 N–H and O–H groups in total. The Hall–Kier alpha value is -2.38. The highest BCUT2D eigenvalue weighted by molar-refractivity contribution is 5.33. The van der Waals surface area contributed by atoms with E-state index in [0.29, 0.717) is 17.9 Å². The van der Waals surface area contributed by atoms with E-state index in [2.05, 4.69) is 110 Å². The summed E-state index contributed by atoms with van der Waals surface area (Å²) in [7, 11) is 0. The Bertz CT molecular complexity index is 728. The molecule has 27 heavy (non-hydrogen) atoms.